The summed E-state index contributed by atoms with van der Waals surface area (Å²) in [7, 11) is -3.97. The average Bonchev–Trinajstić information content (AvgIpc) is 2.83. The standard InChI is InChI=1S/C26H21ClN2O3S/c1-2-16-29(22-10-4-3-5-11-22)33(31,32)23-14-15-25(27)24(18-23)26(30)28-21-13-12-19-8-6-7-9-20(19)17-21/h2-15,17-18H,1,16H2,(H,28,30). The van der Waals surface area contributed by atoms with Gasteiger partial charge >= 0.3 is 0 Å². The van der Waals surface area contributed by atoms with Gasteiger partial charge in [-0.05, 0) is 53.2 Å². The highest BCUT2D eigenvalue weighted by Crippen LogP contribution is 2.28. The zero-order chi connectivity index (χ0) is 23.4. The van der Waals surface area contributed by atoms with E-state index in [2.05, 4.69) is 11.9 Å². The van der Waals surface area contributed by atoms with Crippen LogP contribution < -0.4 is 9.62 Å². The average molecular weight is 477 g/mol. The minimum Gasteiger partial charge on any atom is -0.322 e. The van der Waals surface area contributed by atoms with Crippen LogP contribution in [0.15, 0.2) is 109 Å². The maximum atomic E-state index is 13.4. The summed E-state index contributed by atoms with van der Waals surface area (Å²) in [4.78, 5) is 13.0. The molecule has 0 saturated carbocycles. The van der Waals surface area contributed by atoms with Crippen molar-refractivity contribution >= 4 is 49.7 Å². The van der Waals surface area contributed by atoms with Crippen LogP contribution in [0.4, 0.5) is 11.4 Å². The Morgan fingerprint density at radius 1 is 0.909 bits per heavy atom. The number of amides is 1. The van der Waals surface area contributed by atoms with Crippen LogP contribution in [0.5, 0.6) is 0 Å². The summed E-state index contributed by atoms with van der Waals surface area (Å²) >= 11 is 6.27. The third kappa shape index (κ3) is 4.77. The fourth-order valence-electron chi connectivity index (χ4n) is 3.49. The van der Waals surface area contributed by atoms with Crippen LogP contribution in [0.25, 0.3) is 10.8 Å². The largest absolute Gasteiger partial charge is 0.322 e. The zero-order valence-corrected chi connectivity index (χ0v) is 19.2. The predicted molar refractivity (Wildman–Crippen MR) is 135 cm³/mol. The highest BCUT2D eigenvalue weighted by atomic mass is 35.5. The molecule has 1 amide bonds. The lowest BCUT2D eigenvalue weighted by Crippen LogP contribution is -2.31. The monoisotopic (exact) mass is 476 g/mol. The molecule has 4 rings (SSSR count). The van der Waals surface area contributed by atoms with Crippen LogP contribution in [-0.2, 0) is 10.0 Å². The van der Waals surface area contributed by atoms with Crippen LogP contribution in [0.1, 0.15) is 10.4 Å². The summed E-state index contributed by atoms with van der Waals surface area (Å²) in [5.74, 6) is -0.498. The maximum Gasteiger partial charge on any atom is 0.264 e. The van der Waals surface area contributed by atoms with Gasteiger partial charge in [0.2, 0.25) is 0 Å². The Bertz CT molecular complexity index is 1440. The van der Waals surface area contributed by atoms with Crippen LogP contribution in [0.2, 0.25) is 5.02 Å². The van der Waals surface area contributed by atoms with Gasteiger partial charge in [0, 0.05) is 5.69 Å². The van der Waals surface area contributed by atoms with Gasteiger partial charge in [0.25, 0.3) is 15.9 Å². The van der Waals surface area contributed by atoms with Crippen molar-refractivity contribution in [3.05, 3.63) is 114 Å². The van der Waals surface area contributed by atoms with Crippen LogP contribution >= 0.6 is 11.6 Å². The number of anilines is 2. The lowest BCUT2D eigenvalue weighted by molar-refractivity contribution is 0.102. The van der Waals surface area contributed by atoms with Crippen molar-refractivity contribution in [2.75, 3.05) is 16.2 Å². The second kappa shape index (κ2) is 9.48. The molecule has 0 fully saturated rings. The number of carbonyl (C=O) groups excluding carboxylic acids is 1. The van der Waals surface area contributed by atoms with E-state index < -0.39 is 15.9 Å². The molecule has 0 spiro atoms. The molecular formula is C26H21ClN2O3S. The van der Waals surface area contributed by atoms with Crippen molar-refractivity contribution in [2.24, 2.45) is 0 Å². The predicted octanol–water partition coefficient (Wildman–Crippen LogP) is 6.13. The van der Waals surface area contributed by atoms with E-state index in [1.165, 1.54) is 28.6 Å². The second-order valence-electron chi connectivity index (χ2n) is 7.32. The number of nitrogens with one attached hydrogen (secondary N) is 1. The number of sulfonamides is 1. The molecule has 0 aliphatic heterocycles. The summed E-state index contributed by atoms with van der Waals surface area (Å²) in [6, 6.07) is 26.1. The van der Waals surface area contributed by atoms with Crippen molar-refractivity contribution in [1.82, 2.24) is 0 Å². The van der Waals surface area contributed by atoms with E-state index in [4.69, 9.17) is 11.6 Å². The van der Waals surface area contributed by atoms with E-state index in [1.54, 1.807) is 36.4 Å². The Kier molecular flexibility index (Phi) is 6.49. The molecule has 7 heteroatoms. The van der Waals surface area contributed by atoms with Gasteiger partial charge in [-0.15, -0.1) is 6.58 Å². The Labute approximate surface area is 198 Å². The van der Waals surface area contributed by atoms with Crippen LogP contribution in [0.3, 0.4) is 0 Å². The van der Waals surface area contributed by atoms with Crippen LogP contribution in [0, 0.1) is 0 Å². The molecule has 4 aromatic carbocycles. The lowest BCUT2D eigenvalue weighted by Gasteiger charge is -2.23. The smallest absolute Gasteiger partial charge is 0.264 e. The van der Waals surface area contributed by atoms with Crippen molar-refractivity contribution < 1.29 is 13.2 Å². The van der Waals surface area contributed by atoms with Crippen molar-refractivity contribution in [1.29, 1.82) is 0 Å². The molecule has 0 radical (unpaired) electrons. The first-order chi connectivity index (χ1) is 15.9. The Hall–Kier alpha value is -3.61. The molecule has 166 valence electrons. The van der Waals surface area contributed by atoms with Crippen molar-refractivity contribution in [3.63, 3.8) is 0 Å². The number of hydrogen-bond acceptors (Lipinski definition) is 3. The number of benzene rings is 4. The molecule has 33 heavy (non-hydrogen) atoms. The third-order valence-electron chi connectivity index (χ3n) is 5.12. The fourth-order valence-corrected chi connectivity index (χ4v) is 5.15. The Morgan fingerprint density at radius 3 is 2.33 bits per heavy atom. The molecular weight excluding hydrogens is 456 g/mol. The first kappa shape index (κ1) is 22.6. The summed E-state index contributed by atoms with van der Waals surface area (Å²) in [6.07, 6.45) is 1.51. The summed E-state index contributed by atoms with van der Waals surface area (Å²) in [5.41, 5.74) is 1.15. The van der Waals surface area contributed by atoms with Crippen molar-refractivity contribution in [3.8, 4) is 0 Å². The number of hydrogen-bond donors (Lipinski definition) is 1. The van der Waals surface area contributed by atoms with Crippen molar-refractivity contribution in [2.45, 2.75) is 4.90 Å². The van der Waals surface area contributed by atoms with Gasteiger partial charge in [0.05, 0.1) is 27.7 Å². The quantitative estimate of drug-likeness (QED) is 0.326. The molecule has 0 aliphatic carbocycles. The SMILES string of the molecule is C=CCN(c1ccccc1)S(=O)(=O)c1ccc(Cl)c(C(=O)Nc2ccc3ccccc3c2)c1. The Morgan fingerprint density at radius 2 is 1.61 bits per heavy atom. The minimum absolute atomic E-state index is 0.0405. The summed E-state index contributed by atoms with van der Waals surface area (Å²) < 4.78 is 28.1. The molecule has 0 aliphatic rings. The second-order valence-corrected chi connectivity index (χ2v) is 9.59. The Balaban J connectivity index is 1.67. The van der Waals surface area contributed by atoms with E-state index in [9.17, 15) is 13.2 Å². The molecule has 0 heterocycles. The maximum absolute atomic E-state index is 13.4. The fraction of sp³-hybridized carbons (Fsp3) is 0.0385. The minimum atomic E-state index is -3.97. The van der Waals surface area contributed by atoms with Gasteiger partial charge < -0.3 is 5.32 Å². The van der Waals surface area contributed by atoms with Gasteiger partial charge in [-0.2, -0.15) is 0 Å². The molecule has 5 nitrogen and oxygen atoms in total. The van der Waals surface area contributed by atoms with Gasteiger partial charge in [0.1, 0.15) is 0 Å². The van der Waals surface area contributed by atoms with Gasteiger partial charge in [-0.1, -0.05) is 66.2 Å². The summed E-state index contributed by atoms with van der Waals surface area (Å²) in [6.45, 7) is 3.75. The normalized spacial score (nSPS) is 11.2. The van der Waals surface area contributed by atoms with E-state index in [1.807, 2.05) is 36.4 Å². The van der Waals surface area contributed by atoms with E-state index in [-0.39, 0.29) is 22.0 Å². The number of carbonyl (C=O) groups is 1. The van der Waals surface area contributed by atoms with E-state index >= 15 is 0 Å². The molecule has 1 N–H and O–H groups in total. The molecule has 0 saturated heterocycles. The number of rotatable bonds is 7. The first-order valence-electron chi connectivity index (χ1n) is 10.2. The van der Waals surface area contributed by atoms with Crippen LogP contribution in [-0.4, -0.2) is 20.9 Å². The number of nitrogens with zero attached hydrogens (tertiary/aromatic N) is 1. The zero-order valence-electron chi connectivity index (χ0n) is 17.6. The molecule has 0 bridgehead atoms. The van der Waals surface area contributed by atoms with Gasteiger partial charge in [-0.3, -0.25) is 9.10 Å². The first-order valence-corrected chi connectivity index (χ1v) is 12.0. The number of fused-ring (bicyclic) bond motifs is 1. The lowest BCUT2D eigenvalue weighted by atomic mass is 10.1. The van der Waals surface area contributed by atoms with E-state index in [0.29, 0.717) is 11.4 Å². The number of halogens is 1. The molecule has 0 atom stereocenters. The molecule has 0 aromatic heterocycles. The third-order valence-corrected chi connectivity index (χ3v) is 7.24. The highest BCUT2D eigenvalue weighted by molar-refractivity contribution is 7.92. The summed E-state index contributed by atoms with van der Waals surface area (Å²) in [5, 5.41) is 4.98. The van der Waals surface area contributed by atoms with Gasteiger partial charge in [-0.25, -0.2) is 8.42 Å². The topological polar surface area (TPSA) is 66.5 Å². The van der Waals surface area contributed by atoms with Gasteiger partial charge in [0.15, 0.2) is 0 Å². The van der Waals surface area contributed by atoms with E-state index in [0.717, 1.165) is 10.8 Å². The number of para-hydroxylation sites is 1. The molecule has 0 unspecified atom stereocenters. The highest BCUT2D eigenvalue weighted by Gasteiger charge is 2.26. The molecule has 4 aromatic rings.